The van der Waals surface area contributed by atoms with Gasteiger partial charge in [0.05, 0.1) is 13.0 Å². The number of hydrogen-bond donors (Lipinski definition) is 2. The fourth-order valence-electron chi connectivity index (χ4n) is 2.07. The number of carbonyl (C=O) groups is 2. The predicted octanol–water partition coefficient (Wildman–Crippen LogP) is 0.607. The van der Waals surface area contributed by atoms with Gasteiger partial charge in [-0.15, -0.1) is 0 Å². The lowest BCUT2D eigenvalue weighted by Crippen LogP contribution is -2.55. The van der Waals surface area contributed by atoms with E-state index in [4.69, 9.17) is 10.2 Å². The van der Waals surface area contributed by atoms with Gasteiger partial charge < -0.3 is 20.0 Å². The van der Waals surface area contributed by atoms with Crippen molar-refractivity contribution in [2.45, 2.75) is 26.2 Å². The monoisotopic (exact) mass is 258 g/mol. The van der Waals surface area contributed by atoms with Gasteiger partial charge in [0.2, 0.25) is 0 Å². The molecule has 0 saturated carbocycles. The minimum atomic E-state index is -0.815. The van der Waals surface area contributed by atoms with Crippen LogP contribution in [0.1, 0.15) is 26.2 Å². The molecule has 1 heterocycles. The molecule has 0 radical (unpaired) electrons. The first-order valence-electron chi connectivity index (χ1n) is 6.45. The number of aliphatic carboxylic acids is 1. The fraction of sp³-hybridized carbons (Fsp3) is 0.833. The molecule has 0 aromatic rings. The summed E-state index contributed by atoms with van der Waals surface area (Å²) in [5, 5.41) is 17.6. The molecule has 2 N–H and O–H groups in total. The third-order valence-electron chi connectivity index (χ3n) is 3.11. The Balaban J connectivity index is 2.36. The topological polar surface area (TPSA) is 81.1 Å². The van der Waals surface area contributed by atoms with Gasteiger partial charge in [0.1, 0.15) is 0 Å². The third kappa shape index (κ3) is 4.18. The molecule has 1 rings (SSSR count). The summed E-state index contributed by atoms with van der Waals surface area (Å²) in [6.07, 6.45) is 2.04. The average Bonchev–Trinajstić information content (AvgIpc) is 2.27. The lowest BCUT2D eigenvalue weighted by atomic mass is 9.97. The summed E-state index contributed by atoms with van der Waals surface area (Å²) in [7, 11) is 0. The Bertz CT molecular complexity index is 290. The molecule has 0 atom stereocenters. The largest absolute Gasteiger partial charge is 0.481 e. The molecule has 1 aliphatic heterocycles. The van der Waals surface area contributed by atoms with E-state index in [0.29, 0.717) is 26.2 Å². The second-order valence-electron chi connectivity index (χ2n) is 4.72. The van der Waals surface area contributed by atoms with Crippen LogP contribution in [0.2, 0.25) is 0 Å². The Morgan fingerprint density at radius 3 is 2.50 bits per heavy atom. The second-order valence-corrected chi connectivity index (χ2v) is 4.72. The molecule has 0 spiro atoms. The molecule has 0 unspecified atom stereocenters. The summed E-state index contributed by atoms with van der Waals surface area (Å²) in [4.78, 5) is 25.8. The van der Waals surface area contributed by atoms with Crippen LogP contribution in [0.25, 0.3) is 0 Å². The molecule has 6 heteroatoms. The number of rotatable bonds is 7. The minimum Gasteiger partial charge on any atom is -0.481 e. The van der Waals surface area contributed by atoms with Crippen LogP contribution < -0.4 is 0 Å². The van der Waals surface area contributed by atoms with Crippen LogP contribution in [0.5, 0.6) is 0 Å². The first-order valence-corrected chi connectivity index (χ1v) is 6.45. The van der Waals surface area contributed by atoms with Gasteiger partial charge in [0, 0.05) is 32.1 Å². The number of aliphatic hydroxyl groups is 1. The van der Waals surface area contributed by atoms with Crippen molar-refractivity contribution in [2.24, 2.45) is 5.92 Å². The van der Waals surface area contributed by atoms with Gasteiger partial charge in [-0.1, -0.05) is 13.3 Å². The SMILES string of the molecule is CCCCN(CCO)C(=O)N1CC(CC(=O)O)C1. The Kier molecular flexibility index (Phi) is 5.91. The molecule has 18 heavy (non-hydrogen) atoms. The van der Waals surface area contributed by atoms with E-state index in [-0.39, 0.29) is 25.0 Å². The van der Waals surface area contributed by atoms with Crippen LogP contribution >= 0.6 is 0 Å². The van der Waals surface area contributed by atoms with Crippen molar-refractivity contribution in [1.29, 1.82) is 0 Å². The molecule has 0 aromatic carbocycles. The minimum absolute atomic E-state index is 0.0398. The van der Waals surface area contributed by atoms with E-state index in [1.54, 1.807) is 9.80 Å². The van der Waals surface area contributed by atoms with Crippen LogP contribution in [0.15, 0.2) is 0 Å². The van der Waals surface area contributed by atoms with Crippen LogP contribution in [0.3, 0.4) is 0 Å². The maximum absolute atomic E-state index is 12.0. The summed E-state index contributed by atoms with van der Waals surface area (Å²) >= 11 is 0. The number of likely N-dealkylation sites (tertiary alicyclic amines) is 1. The summed E-state index contributed by atoms with van der Waals surface area (Å²) in [6, 6.07) is -0.0841. The fourth-order valence-corrected chi connectivity index (χ4v) is 2.07. The summed E-state index contributed by atoms with van der Waals surface area (Å²) in [5.41, 5.74) is 0. The van der Waals surface area contributed by atoms with E-state index >= 15 is 0 Å². The van der Waals surface area contributed by atoms with E-state index in [0.717, 1.165) is 12.8 Å². The molecule has 1 saturated heterocycles. The highest BCUT2D eigenvalue weighted by Crippen LogP contribution is 2.20. The predicted molar refractivity (Wildman–Crippen MR) is 66.3 cm³/mol. The van der Waals surface area contributed by atoms with E-state index in [9.17, 15) is 9.59 Å². The highest BCUT2D eigenvalue weighted by molar-refractivity contribution is 5.76. The smallest absolute Gasteiger partial charge is 0.320 e. The Morgan fingerprint density at radius 1 is 1.33 bits per heavy atom. The molecular formula is C12H22N2O4. The molecule has 0 aromatic heterocycles. The molecule has 0 aliphatic carbocycles. The van der Waals surface area contributed by atoms with Crippen molar-refractivity contribution in [1.82, 2.24) is 9.80 Å². The van der Waals surface area contributed by atoms with Gasteiger partial charge in [-0.3, -0.25) is 4.79 Å². The van der Waals surface area contributed by atoms with Gasteiger partial charge in [0.15, 0.2) is 0 Å². The number of carboxylic acids is 1. The van der Waals surface area contributed by atoms with E-state index < -0.39 is 5.97 Å². The van der Waals surface area contributed by atoms with Crippen LogP contribution in [-0.4, -0.2) is 64.8 Å². The lowest BCUT2D eigenvalue weighted by molar-refractivity contribution is -0.139. The number of hydrogen-bond acceptors (Lipinski definition) is 3. The first-order chi connectivity index (χ1) is 8.58. The zero-order chi connectivity index (χ0) is 13.5. The van der Waals surface area contributed by atoms with Gasteiger partial charge in [-0.05, 0) is 6.42 Å². The maximum Gasteiger partial charge on any atom is 0.320 e. The second kappa shape index (κ2) is 7.20. The molecule has 6 nitrogen and oxygen atoms in total. The quantitative estimate of drug-likeness (QED) is 0.701. The molecule has 1 aliphatic rings. The van der Waals surface area contributed by atoms with Crippen molar-refractivity contribution in [3.05, 3.63) is 0 Å². The summed E-state index contributed by atoms with van der Waals surface area (Å²) in [5.74, 6) is -0.737. The van der Waals surface area contributed by atoms with Gasteiger partial charge in [0.25, 0.3) is 0 Å². The number of carboxylic acid groups (broad SMARTS) is 1. The molecular weight excluding hydrogens is 236 g/mol. The Morgan fingerprint density at radius 2 is 2.00 bits per heavy atom. The molecule has 0 bridgehead atoms. The maximum atomic E-state index is 12.0. The van der Waals surface area contributed by atoms with E-state index in [2.05, 4.69) is 0 Å². The van der Waals surface area contributed by atoms with Crippen molar-refractivity contribution < 1.29 is 19.8 Å². The van der Waals surface area contributed by atoms with Crippen molar-refractivity contribution in [3.8, 4) is 0 Å². The van der Waals surface area contributed by atoms with Crippen molar-refractivity contribution in [2.75, 3.05) is 32.8 Å². The van der Waals surface area contributed by atoms with Crippen LogP contribution in [-0.2, 0) is 4.79 Å². The summed E-state index contributed by atoms with van der Waals surface area (Å²) in [6.45, 7) is 4.03. The van der Waals surface area contributed by atoms with Gasteiger partial charge in [-0.2, -0.15) is 0 Å². The van der Waals surface area contributed by atoms with E-state index in [1.807, 2.05) is 6.92 Å². The number of nitrogens with zero attached hydrogens (tertiary/aromatic N) is 2. The Hall–Kier alpha value is -1.30. The number of aliphatic hydroxyl groups excluding tert-OH is 1. The van der Waals surface area contributed by atoms with E-state index in [1.165, 1.54) is 0 Å². The Labute approximate surface area is 107 Å². The lowest BCUT2D eigenvalue weighted by Gasteiger charge is -2.41. The number of urea groups is 1. The van der Waals surface area contributed by atoms with Crippen LogP contribution in [0.4, 0.5) is 4.79 Å². The standard InChI is InChI=1S/C12H22N2O4/c1-2-3-4-13(5-6-15)12(18)14-8-10(9-14)7-11(16)17/h10,15H,2-9H2,1H3,(H,16,17). The molecule has 104 valence electrons. The highest BCUT2D eigenvalue weighted by atomic mass is 16.4. The zero-order valence-corrected chi connectivity index (χ0v) is 10.8. The number of unbranched alkanes of at least 4 members (excludes halogenated alkanes) is 1. The summed E-state index contributed by atoms with van der Waals surface area (Å²) < 4.78 is 0. The van der Waals surface area contributed by atoms with Crippen molar-refractivity contribution in [3.63, 3.8) is 0 Å². The normalized spacial score (nSPS) is 15.3. The zero-order valence-electron chi connectivity index (χ0n) is 10.8. The molecule has 2 amide bonds. The highest BCUT2D eigenvalue weighted by Gasteiger charge is 2.34. The van der Waals surface area contributed by atoms with Crippen molar-refractivity contribution >= 4 is 12.0 Å². The molecule has 1 fully saturated rings. The first kappa shape index (κ1) is 14.8. The number of amides is 2. The average molecular weight is 258 g/mol. The number of carbonyl (C=O) groups excluding carboxylic acids is 1. The van der Waals surface area contributed by atoms with Gasteiger partial charge >= 0.3 is 12.0 Å². The third-order valence-corrected chi connectivity index (χ3v) is 3.11. The van der Waals surface area contributed by atoms with Gasteiger partial charge in [-0.25, -0.2) is 4.79 Å². The van der Waals surface area contributed by atoms with Crippen LogP contribution in [0, 0.1) is 5.92 Å².